The van der Waals surface area contributed by atoms with E-state index < -0.39 is 0 Å². The number of hydrogen-bond acceptors (Lipinski definition) is 2. The van der Waals surface area contributed by atoms with E-state index in [0.717, 1.165) is 27.8 Å². The van der Waals surface area contributed by atoms with Crippen LogP contribution in [-0.2, 0) is 10.7 Å². The molecular weight excluding hydrogens is 296 g/mol. The van der Waals surface area contributed by atoms with Gasteiger partial charge >= 0.3 is 5.97 Å². The summed E-state index contributed by atoms with van der Waals surface area (Å²) in [4.78, 5) is 11.3. The molecule has 2 rings (SSSR count). The summed E-state index contributed by atoms with van der Waals surface area (Å²) < 4.78 is 5.33. The molecule has 0 bridgehead atoms. The molecule has 0 fully saturated rings. The summed E-state index contributed by atoms with van der Waals surface area (Å²) >= 11 is 6.06. The molecule has 0 amide bonds. The first-order valence-electron chi connectivity index (χ1n) is 6.85. The van der Waals surface area contributed by atoms with Gasteiger partial charge in [-0.15, -0.1) is 11.6 Å². The molecule has 0 aliphatic carbocycles. The maximum absolute atomic E-state index is 11.3. The highest BCUT2D eigenvalue weighted by atomic mass is 35.5. The second-order valence-electron chi connectivity index (χ2n) is 4.81. The second-order valence-corrected chi connectivity index (χ2v) is 5.07. The molecular formula is C19H17ClO2. The minimum absolute atomic E-state index is 0.361. The zero-order chi connectivity index (χ0) is 16.1. The van der Waals surface area contributed by atoms with Crippen LogP contribution < -0.4 is 4.74 Å². The van der Waals surface area contributed by atoms with E-state index >= 15 is 0 Å². The lowest BCUT2D eigenvalue weighted by atomic mass is 9.95. The summed E-state index contributed by atoms with van der Waals surface area (Å²) in [7, 11) is 0. The molecule has 2 aromatic carbocycles. The first kappa shape index (κ1) is 16.1. The first-order chi connectivity index (χ1) is 10.6. The van der Waals surface area contributed by atoms with Crippen LogP contribution >= 0.6 is 11.6 Å². The van der Waals surface area contributed by atoms with Crippen LogP contribution in [0.2, 0.25) is 0 Å². The maximum Gasteiger partial charge on any atom is 0.308 e. The fraction of sp³-hybridized carbons (Fsp3) is 0.105. The third-order valence-electron chi connectivity index (χ3n) is 3.30. The number of esters is 1. The summed E-state index contributed by atoms with van der Waals surface area (Å²) in [6.07, 6.45) is 3.52. The molecule has 0 aliphatic rings. The van der Waals surface area contributed by atoms with Crippen molar-refractivity contribution in [1.82, 2.24) is 0 Å². The van der Waals surface area contributed by atoms with Crippen molar-refractivity contribution < 1.29 is 9.53 Å². The molecule has 0 heterocycles. The molecule has 0 spiro atoms. The van der Waals surface area contributed by atoms with Gasteiger partial charge in [-0.05, 0) is 40.5 Å². The first-order valence-corrected chi connectivity index (χ1v) is 7.39. The van der Waals surface area contributed by atoms with Crippen LogP contribution in [0.5, 0.6) is 5.75 Å². The molecule has 22 heavy (non-hydrogen) atoms. The fourth-order valence-electron chi connectivity index (χ4n) is 2.22. The Balaban J connectivity index is 2.70. The Morgan fingerprint density at radius 3 is 2.23 bits per heavy atom. The van der Waals surface area contributed by atoms with Crippen molar-refractivity contribution in [3.05, 3.63) is 66.2 Å². The van der Waals surface area contributed by atoms with Gasteiger partial charge in [0.05, 0.1) is 0 Å². The van der Waals surface area contributed by atoms with Gasteiger partial charge in [0.2, 0.25) is 0 Å². The number of benzene rings is 2. The van der Waals surface area contributed by atoms with Crippen LogP contribution in [0.3, 0.4) is 0 Å². The van der Waals surface area contributed by atoms with Gasteiger partial charge in [0.1, 0.15) is 5.75 Å². The third kappa shape index (κ3) is 3.46. The fourth-order valence-corrected chi connectivity index (χ4v) is 2.45. The van der Waals surface area contributed by atoms with Crippen molar-refractivity contribution in [2.75, 3.05) is 0 Å². The molecule has 0 atom stereocenters. The predicted molar refractivity (Wildman–Crippen MR) is 92.9 cm³/mol. The minimum Gasteiger partial charge on any atom is -0.426 e. The number of alkyl halides is 1. The molecule has 0 aromatic heterocycles. The van der Waals surface area contributed by atoms with E-state index in [1.54, 1.807) is 18.2 Å². The largest absolute Gasteiger partial charge is 0.426 e. The summed E-state index contributed by atoms with van der Waals surface area (Å²) in [6, 6.07) is 11.5. The van der Waals surface area contributed by atoms with Gasteiger partial charge in [0.15, 0.2) is 0 Å². The number of carbonyl (C=O) groups excluding carboxylic acids is 1. The van der Waals surface area contributed by atoms with Crippen molar-refractivity contribution in [2.45, 2.75) is 12.8 Å². The zero-order valence-corrected chi connectivity index (χ0v) is 13.2. The number of ether oxygens (including phenoxy) is 1. The average molecular weight is 313 g/mol. The van der Waals surface area contributed by atoms with Crippen LogP contribution in [0.4, 0.5) is 0 Å². The molecule has 2 nitrogen and oxygen atoms in total. The Morgan fingerprint density at radius 1 is 1.09 bits per heavy atom. The zero-order valence-electron chi connectivity index (χ0n) is 12.4. The average Bonchev–Trinajstić information content (AvgIpc) is 2.54. The van der Waals surface area contributed by atoms with Crippen molar-refractivity contribution in [3.63, 3.8) is 0 Å². The van der Waals surface area contributed by atoms with E-state index in [-0.39, 0.29) is 5.97 Å². The number of carbonyl (C=O) groups is 1. The van der Waals surface area contributed by atoms with E-state index in [1.807, 2.05) is 30.3 Å². The van der Waals surface area contributed by atoms with Crippen LogP contribution in [0.1, 0.15) is 23.6 Å². The molecule has 0 aliphatic heterocycles. The summed E-state index contributed by atoms with van der Waals surface area (Å²) in [5.74, 6) is 0.510. The normalized spacial score (nSPS) is 10.1. The molecule has 2 aromatic rings. The van der Waals surface area contributed by atoms with Gasteiger partial charge in [0.25, 0.3) is 0 Å². The second kappa shape index (κ2) is 7.10. The molecule has 0 unspecified atom stereocenters. The van der Waals surface area contributed by atoms with Crippen molar-refractivity contribution >= 4 is 29.7 Å². The van der Waals surface area contributed by atoms with E-state index in [2.05, 4.69) is 13.2 Å². The molecule has 0 saturated carbocycles. The molecule has 0 radical (unpaired) electrons. The topological polar surface area (TPSA) is 26.3 Å². The van der Waals surface area contributed by atoms with Gasteiger partial charge < -0.3 is 4.74 Å². The highest BCUT2D eigenvalue weighted by molar-refractivity contribution is 6.17. The highest BCUT2D eigenvalue weighted by Crippen LogP contribution is 2.35. The lowest BCUT2D eigenvalue weighted by Gasteiger charge is -2.14. The summed E-state index contributed by atoms with van der Waals surface area (Å²) in [5.41, 5.74) is 4.61. The molecule has 112 valence electrons. The Hall–Kier alpha value is -2.32. The smallest absolute Gasteiger partial charge is 0.308 e. The number of rotatable bonds is 5. The quantitative estimate of drug-likeness (QED) is 0.425. The Labute approximate surface area is 135 Å². The number of halogens is 1. The van der Waals surface area contributed by atoms with Crippen LogP contribution in [0.15, 0.2) is 49.6 Å². The highest BCUT2D eigenvalue weighted by Gasteiger charge is 2.13. The summed E-state index contributed by atoms with van der Waals surface area (Å²) in [6.45, 7) is 8.96. The van der Waals surface area contributed by atoms with Crippen molar-refractivity contribution in [2.24, 2.45) is 0 Å². The van der Waals surface area contributed by atoms with Gasteiger partial charge in [-0.3, -0.25) is 4.79 Å². The minimum atomic E-state index is -0.361. The lowest BCUT2D eigenvalue weighted by molar-refractivity contribution is -0.131. The molecule has 0 N–H and O–H groups in total. The van der Waals surface area contributed by atoms with E-state index in [0.29, 0.717) is 11.6 Å². The Kier molecular flexibility index (Phi) is 5.18. The monoisotopic (exact) mass is 312 g/mol. The van der Waals surface area contributed by atoms with E-state index in [9.17, 15) is 4.79 Å². The van der Waals surface area contributed by atoms with Gasteiger partial charge in [-0.2, -0.15) is 0 Å². The van der Waals surface area contributed by atoms with Crippen LogP contribution in [-0.4, -0.2) is 5.97 Å². The standard InChI is InChI=1S/C19H17ClO2/c1-4-14-6-8-16(12-20)17(10-14)18-11-15(5-2)7-9-19(18)22-13(3)21/h4-11H,1-2,12H2,3H3. The number of hydrogen-bond donors (Lipinski definition) is 0. The lowest BCUT2D eigenvalue weighted by Crippen LogP contribution is -2.03. The molecule has 0 saturated heterocycles. The van der Waals surface area contributed by atoms with Gasteiger partial charge in [0, 0.05) is 18.4 Å². The Morgan fingerprint density at radius 2 is 1.68 bits per heavy atom. The van der Waals surface area contributed by atoms with Crippen molar-refractivity contribution in [1.29, 1.82) is 0 Å². The molecule has 3 heteroatoms. The predicted octanol–water partition coefficient (Wildman–Crippen LogP) is 5.30. The maximum atomic E-state index is 11.3. The van der Waals surface area contributed by atoms with Crippen LogP contribution in [0.25, 0.3) is 23.3 Å². The van der Waals surface area contributed by atoms with Gasteiger partial charge in [-0.1, -0.05) is 43.5 Å². The third-order valence-corrected chi connectivity index (χ3v) is 3.58. The van der Waals surface area contributed by atoms with E-state index in [1.165, 1.54) is 6.92 Å². The summed E-state index contributed by atoms with van der Waals surface area (Å²) in [5, 5.41) is 0. The SMILES string of the molecule is C=Cc1ccc(CCl)c(-c2cc(C=C)ccc2OC(C)=O)c1. The van der Waals surface area contributed by atoms with Crippen LogP contribution in [0, 0.1) is 0 Å². The van der Waals surface area contributed by atoms with Gasteiger partial charge in [-0.25, -0.2) is 0 Å². The van der Waals surface area contributed by atoms with E-state index in [4.69, 9.17) is 16.3 Å². The van der Waals surface area contributed by atoms with Crippen molar-refractivity contribution in [3.8, 4) is 16.9 Å². The Bertz CT molecular complexity index is 732.